The Hall–Kier alpha value is -0.540. The monoisotopic (exact) mass is 240 g/mol. The van der Waals surface area contributed by atoms with Crippen LogP contribution in [0.4, 0.5) is 0 Å². The SMILES string of the molecule is CS.Cc1ccc(CCNC(C)(C)C)nc1. The van der Waals surface area contributed by atoms with Gasteiger partial charge in [0.2, 0.25) is 0 Å². The largest absolute Gasteiger partial charge is 0.312 e. The highest BCUT2D eigenvalue weighted by Gasteiger charge is 2.07. The molecule has 16 heavy (non-hydrogen) atoms. The van der Waals surface area contributed by atoms with Gasteiger partial charge in [0.15, 0.2) is 0 Å². The van der Waals surface area contributed by atoms with Crippen LogP contribution >= 0.6 is 12.6 Å². The Labute approximate surface area is 105 Å². The van der Waals surface area contributed by atoms with Crippen molar-refractivity contribution in [2.24, 2.45) is 0 Å². The molecule has 0 aromatic carbocycles. The summed E-state index contributed by atoms with van der Waals surface area (Å²) in [5, 5.41) is 3.44. The van der Waals surface area contributed by atoms with Crippen molar-refractivity contribution in [2.45, 2.75) is 39.7 Å². The molecule has 0 saturated heterocycles. The summed E-state index contributed by atoms with van der Waals surface area (Å²) in [5.74, 6) is 0. The summed E-state index contributed by atoms with van der Waals surface area (Å²) in [6, 6.07) is 4.21. The summed E-state index contributed by atoms with van der Waals surface area (Å²) in [7, 11) is 0. The van der Waals surface area contributed by atoms with E-state index >= 15 is 0 Å². The van der Waals surface area contributed by atoms with Crippen molar-refractivity contribution in [1.82, 2.24) is 10.3 Å². The van der Waals surface area contributed by atoms with E-state index in [9.17, 15) is 0 Å². The number of hydrogen-bond acceptors (Lipinski definition) is 3. The normalized spacial score (nSPS) is 10.6. The van der Waals surface area contributed by atoms with Gasteiger partial charge in [-0.05, 0) is 45.6 Å². The Bertz CT molecular complexity index is 275. The molecule has 1 aromatic heterocycles. The van der Waals surface area contributed by atoms with Crippen molar-refractivity contribution in [3.63, 3.8) is 0 Å². The van der Waals surface area contributed by atoms with Crippen molar-refractivity contribution >= 4 is 12.6 Å². The average molecular weight is 240 g/mol. The van der Waals surface area contributed by atoms with Gasteiger partial charge >= 0.3 is 0 Å². The molecule has 92 valence electrons. The highest BCUT2D eigenvalue weighted by Crippen LogP contribution is 2.01. The van der Waals surface area contributed by atoms with Crippen molar-refractivity contribution in [1.29, 1.82) is 0 Å². The first kappa shape index (κ1) is 15.5. The summed E-state index contributed by atoms with van der Waals surface area (Å²) in [6.07, 6.45) is 4.62. The second-order valence-electron chi connectivity index (χ2n) is 4.75. The fourth-order valence-electron chi connectivity index (χ4n) is 1.21. The second-order valence-corrected chi connectivity index (χ2v) is 4.75. The predicted molar refractivity (Wildman–Crippen MR) is 75.3 cm³/mol. The Kier molecular flexibility index (Phi) is 7.43. The quantitative estimate of drug-likeness (QED) is 0.794. The molecule has 1 N–H and O–H groups in total. The molecule has 0 unspecified atom stereocenters. The van der Waals surface area contributed by atoms with Crippen molar-refractivity contribution in [3.8, 4) is 0 Å². The Morgan fingerprint density at radius 1 is 1.25 bits per heavy atom. The van der Waals surface area contributed by atoms with Gasteiger partial charge in [-0.15, -0.1) is 0 Å². The van der Waals surface area contributed by atoms with Crippen molar-refractivity contribution in [2.75, 3.05) is 12.8 Å². The van der Waals surface area contributed by atoms with Gasteiger partial charge in [-0.25, -0.2) is 0 Å². The zero-order valence-electron chi connectivity index (χ0n) is 11.0. The number of aromatic nitrogens is 1. The van der Waals surface area contributed by atoms with Crippen molar-refractivity contribution in [3.05, 3.63) is 29.6 Å². The number of nitrogens with one attached hydrogen (secondary N) is 1. The number of nitrogens with zero attached hydrogens (tertiary/aromatic N) is 1. The minimum Gasteiger partial charge on any atom is -0.312 e. The molecular weight excluding hydrogens is 216 g/mol. The van der Waals surface area contributed by atoms with Crippen LogP contribution < -0.4 is 5.32 Å². The van der Waals surface area contributed by atoms with E-state index in [1.165, 1.54) is 5.56 Å². The maximum atomic E-state index is 4.36. The Morgan fingerprint density at radius 3 is 2.31 bits per heavy atom. The van der Waals surface area contributed by atoms with E-state index in [2.05, 4.69) is 62.8 Å². The summed E-state index contributed by atoms with van der Waals surface area (Å²) >= 11 is 3.53. The first-order chi connectivity index (χ1) is 7.47. The lowest BCUT2D eigenvalue weighted by Crippen LogP contribution is -2.37. The Morgan fingerprint density at radius 2 is 1.88 bits per heavy atom. The van der Waals surface area contributed by atoms with Crippen LogP contribution in [0.3, 0.4) is 0 Å². The van der Waals surface area contributed by atoms with E-state index in [-0.39, 0.29) is 5.54 Å². The number of rotatable bonds is 3. The molecule has 1 aromatic rings. The second kappa shape index (κ2) is 7.69. The summed E-state index contributed by atoms with van der Waals surface area (Å²) in [4.78, 5) is 4.36. The van der Waals surface area contributed by atoms with E-state index in [0.29, 0.717) is 0 Å². The van der Waals surface area contributed by atoms with Gasteiger partial charge in [0.1, 0.15) is 0 Å². The lowest BCUT2D eigenvalue weighted by Gasteiger charge is -2.20. The van der Waals surface area contributed by atoms with Gasteiger partial charge in [-0.3, -0.25) is 4.98 Å². The van der Waals surface area contributed by atoms with Crippen LogP contribution in [0, 0.1) is 6.92 Å². The molecule has 0 fully saturated rings. The molecule has 1 rings (SSSR count). The van der Waals surface area contributed by atoms with E-state index < -0.39 is 0 Å². The maximum absolute atomic E-state index is 4.36. The fourth-order valence-corrected chi connectivity index (χ4v) is 1.21. The van der Waals surface area contributed by atoms with Gasteiger partial charge in [0.05, 0.1) is 0 Å². The third-order valence-corrected chi connectivity index (χ3v) is 2.01. The third-order valence-electron chi connectivity index (χ3n) is 2.01. The van der Waals surface area contributed by atoms with Crippen LogP contribution in [0.15, 0.2) is 18.3 Å². The van der Waals surface area contributed by atoms with E-state index in [1.807, 2.05) is 6.20 Å². The predicted octanol–water partition coefficient (Wildman–Crippen LogP) is 2.87. The van der Waals surface area contributed by atoms with Gasteiger partial charge < -0.3 is 5.32 Å². The lowest BCUT2D eigenvalue weighted by atomic mass is 10.1. The molecule has 0 bridgehead atoms. The van der Waals surface area contributed by atoms with Gasteiger partial charge in [0, 0.05) is 30.4 Å². The molecule has 3 heteroatoms. The van der Waals surface area contributed by atoms with Gasteiger partial charge in [0.25, 0.3) is 0 Å². The molecule has 0 aliphatic heterocycles. The van der Waals surface area contributed by atoms with Gasteiger partial charge in [-0.1, -0.05) is 6.07 Å². The van der Waals surface area contributed by atoms with Crippen LogP contribution in [-0.2, 0) is 6.42 Å². The molecular formula is C13H24N2S. The highest BCUT2D eigenvalue weighted by atomic mass is 32.1. The van der Waals surface area contributed by atoms with Gasteiger partial charge in [-0.2, -0.15) is 12.6 Å². The summed E-state index contributed by atoms with van der Waals surface area (Å²) < 4.78 is 0. The third kappa shape index (κ3) is 7.71. The molecule has 0 saturated carbocycles. The molecule has 0 atom stereocenters. The van der Waals surface area contributed by atoms with Crippen molar-refractivity contribution < 1.29 is 0 Å². The fraction of sp³-hybridized carbons (Fsp3) is 0.615. The molecule has 0 aliphatic carbocycles. The topological polar surface area (TPSA) is 24.9 Å². The highest BCUT2D eigenvalue weighted by molar-refractivity contribution is 7.79. The lowest BCUT2D eigenvalue weighted by molar-refractivity contribution is 0.428. The van der Waals surface area contributed by atoms with Crippen LogP contribution in [-0.4, -0.2) is 23.3 Å². The summed E-state index contributed by atoms with van der Waals surface area (Å²) in [6.45, 7) is 9.57. The smallest absolute Gasteiger partial charge is 0.0416 e. The van der Waals surface area contributed by atoms with Crippen LogP contribution in [0.2, 0.25) is 0 Å². The maximum Gasteiger partial charge on any atom is 0.0416 e. The average Bonchev–Trinajstić information content (AvgIpc) is 2.22. The Balaban J connectivity index is 0.00000106. The van der Waals surface area contributed by atoms with Crippen LogP contribution in [0.1, 0.15) is 32.0 Å². The number of pyridine rings is 1. The molecule has 0 radical (unpaired) electrons. The molecule has 0 amide bonds. The van der Waals surface area contributed by atoms with Crippen LogP contribution in [0.25, 0.3) is 0 Å². The van der Waals surface area contributed by atoms with E-state index in [1.54, 1.807) is 6.26 Å². The van der Waals surface area contributed by atoms with Crippen LogP contribution in [0.5, 0.6) is 0 Å². The minimum absolute atomic E-state index is 0.199. The standard InChI is InChI=1S/C12H20N2.CH4S/c1-10-5-6-11(13-9-10)7-8-14-12(2,3)4;1-2/h5-6,9,14H,7-8H2,1-4H3;2H,1H3. The molecule has 1 heterocycles. The number of hydrogen-bond donors (Lipinski definition) is 2. The number of aryl methyl sites for hydroxylation is 1. The first-order valence-corrected chi connectivity index (χ1v) is 6.48. The van der Waals surface area contributed by atoms with E-state index in [0.717, 1.165) is 18.7 Å². The number of thiol groups is 1. The summed E-state index contributed by atoms with van der Waals surface area (Å²) in [5.41, 5.74) is 2.58. The minimum atomic E-state index is 0.199. The molecule has 0 aliphatic rings. The molecule has 0 spiro atoms. The van der Waals surface area contributed by atoms with E-state index in [4.69, 9.17) is 0 Å². The first-order valence-electron chi connectivity index (χ1n) is 5.59. The molecule has 2 nitrogen and oxygen atoms in total. The zero-order chi connectivity index (χ0) is 12.6. The zero-order valence-corrected chi connectivity index (χ0v) is 11.9.